The molecule has 0 amide bonds. The van der Waals surface area contributed by atoms with Crippen molar-refractivity contribution in [1.29, 1.82) is 0 Å². The van der Waals surface area contributed by atoms with Crippen LogP contribution in [0.25, 0.3) is 0 Å². The zero-order valence-corrected chi connectivity index (χ0v) is 23.9. The van der Waals surface area contributed by atoms with Gasteiger partial charge in [-0.15, -0.1) is 0 Å². The van der Waals surface area contributed by atoms with Crippen LogP contribution in [0, 0.1) is 5.92 Å². The van der Waals surface area contributed by atoms with Crippen molar-refractivity contribution in [2.75, 3.05) is 33.8 Å². The highest BCUT2D eigenvalue weighted by atomic mass is 16.5. The van der Waals surface area contributed by atoms with Gasteiger partial charge in [0.05, 0.1) is 18.1 Å². The number of hydrogen-bond acceptors (Lipinski definition) is 5. The molecule has 2 saturated carbocycles. The number of benzene rings is 2. The number of piperidine rings is 1. The first-order valence-corrected chi connectivity index (χ1v) is 15.6. The van der Waals surface area contributed by atoms with Crippen LogP contribution in [-0.2, 0) is 18.3 Å². The molecule has 2 bridgehead atoms. The molecule has 3 aliphatic carbocycles. The molecule has 2 aliphatic heterocycles. The average molecular weight is 531 g/mol. The van der Waals surface area contributed by atoms with Crippen molar-refractivity contribution in [3.8, 4) is 11.5 Å². The van der Waals surface area contributed by atoms with Crippen LogP contribution < -0.4 is 9.47 Å². The van der Waals surface area contributed by atoms with Gasteiger partial charge in [-0.05, 0) is 101 Å². The van der Waals surface area contributed by atoms with Crippen molar-refractivity contribution in [1.82, 2.24) is 9.80 Å². The highest BCUT2D eigenvalue weighted by molar-refractivity contribution is 5.63. The maximum atomic E-state index is 12.8. The van der Waals surface area contributed by atoms with Crippen LogP contribution in [0.4, 0.5) is 0 Å². The lowest BCUT2D eigenvalue weighted by Crippen LogP contribution is -2.78. The predicted octanol–water partition coefficient (Wildman–Crippen LogP) is 5.36. The summed E-state index contributed by atoms with van der Waals surface area (Å²) in [6.45, 7) is 3.31. The number of methoxy groups -OCH3 is 1. The fourth-order valence-electron chi connectivity index (χ4n) is 8.91. The summed E-state index contributed by atoms with van der Waals surface area (Å²) in [5, 5.41) is 12.8. The minimum atomic E-state index is -0.732. The number of aliphatic hydroxyl groups is 1. The van der Waals surface area contributed by atoms with Crippen molar-refractivity contribution in [2.45, 2.75) is 99.8 Å². The third-order valence-electron chi connectivity index (χ3n) is 11.1. The van der Waals surface area contributed by atoms with E-state index in [1.54, 1.807) is 7.11 Å². The van der Waals surface area contributed by atoms with E-state index in [2.05, 4.69) is 59.3 Å². The van der Waals surface area contributed by atoms with Crippen LogP contribution in [0.5, 0.6) is 11.5 Å². The molecule has 3 fully saturated rings. The number of aryl methyl sites for hydroxylation is 1. The summed E-state index contributed by atoms with van der Waals surface area (Å²) >= 11 is 0. The summed E-state index contributed by atoms with van der Waals surface area (Å²) in [5.74, 6) is 2.59. The van der Waals surface area contributed by atoms with Gasteiger partial charge in [-0.2, -0.15) is 0 Å². The van der Waals surface area contributed by atoms with Crippen molar-refractivity contribution in [3.05, 3.63) is 59.2 Å². The zero-order valence-electron chi connectivity index (χ0n) is 23.9. The molecule has 1 saturated heterocycles. The Morgan fingerprint density at radius 2 is 1.85 bits per heavy atom. The molecule has 0 unspecified atom stereocenters. The Morgan fingerprint density at radius 1 is 1.03 bits per heavy atom. The van der Waals surface area contributed by atoms with E-state index in [-0.39, 0.29) is 17.6 Å². The Labute approximate surface area is 234 Å². The lowest BCUT2D eigenvalue weighted by Gasteiger charge is -2.64. The smallest absolute Gasteiger partial charge is 0.165 e. The molecule has 210 valence electrons. The highest BCUT2D eigenvalue weighted by Crippen LogP contribution is 2.66. The third-order valence-corrected chi connectivity index (χ3v) is 11.1. The van der Waals surface area contributed by atoms with E-state index in [1.807, 2.05) is 0 Å². The van der Waals surface area contributed by atoms with Gasteiger partial charge in [0, 0.05) is 24.2 Å². The predicted molar refractivity (Wildman–Crippen MR) is 155 cm³/mol. The number of hydrogen-bond donors (Lipinski definition) is 1. The van der Waals surface area contributed by atoms with E-state index in [1.165, 1.54) is 61.6 Å². The van der Waals surface area contributed by atoms with E-state index in [0.29, 0.717) is 6.04 Å². The van der Waals surface area contributed by atoms with Gasteiger partial charge in [0.25, 0.3) is 0 Å². The molecule has 1 spiro atoms. The quantitative estimate of drug-likeness (QED) is 0.396. The van der Waals surface area contributed by atoms with Gasteiger partial charge < -0.3 is 14.6 Å². The van der Waals surface area contributed by atoms with E-state index in [0.717, 1.165) is 62.7 Å². The Kier molecular flexibility index (Phi) is 6.68. The summed E-state index contributed by atoms with van der Waals surface area (Å²) < 4.78 is 12.8. The van der Waals surface area contributed by atoms with Gasteiger partial charge in [-0.25, -0.2) is 0 Å². The molecule has 2 aromatic carbocycles. The first kappa shape index (κ1) is 25.9. The standard InChI is InChI=1S/C34H46N2O3/c1-35(20-9-4-3-6-10-24-11-7-5-8-12-24)27-17-18-34(37)29-22-26-15-16-28(38-2)31-30(26)33(34,32(27)39-31)19-21-36(29)23-25-13-14-25/h5,7-8,11-12,15-16,25,27,29,32,37H,3-4,6,9-10,13-14,17-23H2,1-2H3/t27-,29+,32-,33-,34+/m0/s1. The summed E-state index contributed by atoms with van der Waals surface area (Å²) in [7, 11) is 4.04. The van der Waals surface area contributed by atoms with Gasteiger partial charge in [0.2, 0.25) is 0 Å². The molecule has 0 aromatic heterocycles. The monoisotopic (exact) mass is 530 g/mol. The Morgan fingerprint density at radius 3 is 2.64 bits per heavy atom. The topological polar surface area (TPSA) is 45.2 Å². The Bertz CT molecular complexity index is 1180. The molecule has 5 heteroatoms. The van der Waals surface area contributed by atoms with Gasteiger partial charge in [0.1, 0.15) is 6.10 Å². The second kappa shape index (κ2) is 10.1. The van der Waals surface area contributed by atoms with Crippen molar-refractivity contribution < 1.29 is 14.6 Å². The zero-order chi connectivity index (χ0) is 26.6. The van der Waals surface area contributed by atoms with Crippen molar-refractivity contribution in [2.24, 2.45) is 5.92 Å². The first-order valence-electron chi connectivity index (χ1n) is 15.6. The molecule has 0 radical (unpaired) electrons. The molecule has 1 N–H and O–H groups in total. The van der Waals surface area contributed by atoms with Gasteiger partial charge in [-0.1, -0.05) is 49.2 Å². The van der Waals surface area contributed by atoms with E-state index >= 15 is 0 Å². The van der Waals surface area contributed by atoms with Crippen LogP contribution in [0.1, 0.15) is 74.5 Å². The number of nitrogens with zero attached hydrogens (tertiary/aromatic N) is 2. The Balaban J connectivity index is 1.09. The maximum Gasteiger partial charge on any atom is 0.165 e. The van der Waals surface area contributed by atoms with Gasteiger partial charge in [-0.3, -0.25) is 9.80 Å². The molecule has 2 heterocycles. The maximum absolute atomic E-state index is 12.8. The number of likely N-dealkylation sites (N-methyl/N-ethyl adjacent to an activating group) is 1. The third kappa shape index (κ3) is 4.14. The van der Waals surface area contributed by atoms with E-state index < -0.39 is 5.60 Å². The van der Waals surface area contributed by atoms with E-state index in [4.69, 9.17) is 9.47 Å². The molecule has 2 aromatic rings. The second-order valence-electron chi connectivity index (χ2n) is 13.2. The van der Waals surface area contributed by atoms with Crippen molar-refractivity contribution >= 4 is 0 Å². The van der Waals surface area contributed by atoms with E-state index in [9.17, 15) is 5.11 Å². The second-order valence-corrected chi connectivity index (χ2v) is 13.2. The number of likely N-dealkylation sites (tertiary alicyclic amines) is 1. The normalized spacial score (nSPS) is 32.7. The summed E-state index contributed by atoms with van der Waals surface area (Å²) in [6, 6.07) is 15.7. The molecule has 7 rings (SSSR count). The van der Waals surface area contributed by atoms with Crippen LogP contribution in [-0.4, -0.2) is 72.5 Å². The largest absolute Gasteiger partial charge is 0.493 e. The van der Waals surface area contributed by atoms with Crippen LogP contribution in [0.3, 0.4) is 0 Å². The molecule has 39 heavy (non-hydrogen) atoms. The molecular weight excluding hydrogens is 484 g/mol. The lowest BCUT2D eigenvalue weighted by atomic mass is 9.48. The summed E-state index contributed by atoms with van der Waals surface area (Å²) in [6.07, 6.45) is 12.7. The molecule has 5 aliphatic rings. The fourth-order valence-corrected chi connectivity index (χ4v) is 8.91. The number of unbranched alkanes of at least 4 members (excludes halogenated alkanes) is 3. The molecular formula is C34H46N2O3. The number of ether oxygens (including phenoxy) is 2. The first-order chi connectivity index (χ1) is 19.0. The highest BCUT2D eigenvalue weighted by Gasteiger charge is 2.73. The lowest BCUT2D eigenvalue weighted by molar-refractivity contribution is -0.199. The average Bonchev–Trinajstić information content (AvgIpc) is 3.70. The summed E-state index contributed by atoms with van der Waals surface area (Å²) in [5.41, 5.74) is 3.05. The minimum Gasteiger partial charge on any atom is -0.493 e. The molecule has 5 nitrogen and oxygen atoms in total. The van der Waals surface area contributed by atoms with Crippen LogP contribution >= 0.6 is 0 Å². The number of rotatable bonds is 11. The summed E-state index contributed by atoms with van der Waals surface area (Å²) in [4.78, 5) is 5.22. The molecule has 5 atom stereocenters. The SMILES string of the molecule is COc1ccc2c3c1O[C@H]1[C@@H](N(C)CCCCCCc4ccccc4)CC[C@@]4(O)[C@@H](C2)N(CC2CC2)CC[C@]314. The fraction of sp³-hybridized carbons (Fsp3) is 0.647. The minimum absolute atomic E-state index is 0.0183. The van der Waals surface area contributed by atoms with Gasteiger partial charge in [0.15, 0.2) is 11.5 Å². The van der Waals surface area contributed by atoms with Crippen LogP contribution in [0.2, 0.25) is 0 Å². The van der Waals surface area contributed by atoms with Gasteiger partial charge >= 0.3 is 0 Å². The Hall–Kier alpha value is -2.08. The van der Waals surface area contributed by atoms with Crippen LogP contribution in [0.15, 0.2) is 42.5 Å². The van der Waals surface area contributed by atoms with Crippen molar-refractivity contribution in [3.63, 3.8) is 0 Å².